The maximum absolute atomic E-state index is 8.09. The van der Waals surface area contributed by atoms with Crippen LogP contribution in [0.2, 0.25) is 19.6 Å². The van der Waals surface area contributed by atoms with Crippen LogP contribution in [0, 0.1) is 5.39 Å². The van der Waals surface area contributed by atoms with Gasteiger partial charge in [0.1, 0.15) is 0 Å². The Morgan fingerprint density at radius 2 is 1.43 bits per heavy atom. The van der Waals surface area contributed by atoms with E-state index in [1.165, 1.54) is 0 Å². The predicted molar refractivity (Wildman–Crippen MR) is 35.2 cm³/mol. The van der Waals surface area contributed by atoms with E-state index in [1.54, 1.807) is 0 Å². The van der Waals surface area contributed by atoms with Crippen LogP contribution in [0.5, 0.6) is 0 Å². The summed E-state index contributed by atoms with van der Waals surface area (Å²) in [5.74, 6) is 0. The first-order valence-corrected chi connectivity index (χ1v) is 5.37. The van der Waals surface area contributed by atoms with E-state index in [4.69, 9.17) is 5.39 Å². The standard InChI is InChI=1S/C3H9N2Si.CH4/c1-6(2,3)5-4;/h1-3H3;1H4/q+1;. The van der Waals surface area contributed by atoms with Crippen molar-refractivity contribution in [1.29, 1.82) is 5.39 Å². The Morgan fingerprint density at radius 1 is 1.29 bits per heavy atom. The first-order valence-electron chi connectivity index (χ1n) is 1.92. The molecule has 0 aliphatic heterocycles. The number of diazo groups is 1. The van der Waals surface area contributed by atoms with E-state index in [0.717, 1.165) is 0 Å². The second kappa shape index (κ2) is 2.75. The summed E-state index contributed by atoms with van der Waals surface area (Å²) in [6, 6.07) is 0. The first-order chi connectivity index (χ1) is 2.56. The molecule has 0 aromatic carbocycles. The lowest BCUT2D eigenvalue weighted by Crippen LogP contribution is -2.11. The molecule has 0 aliphatic rings. The Bertz CT molecular complexity index is 76.7. The van der Waals surface area contributed by atoms with Gasteiger partial charge < -0.3 is 0 Å². The molecule has 0 aliphatic carbocycles. The molecule has 0 spiro atoms. The SMILES string of the molecule is C.C[Si](C)(C)[N+]#N. The van der Waals surface area contributed by atoms with Crippen LogP contribution in [0.25, 0.3) is 4.64 Å². The third kappa shape index (κ3) is 10.7. The average molecular weight is 117 g/mol. The molecule has 0 aromatic heterocycles. The molecule has 0 aromatic rings. The van der Waals surface area contributed by atoms with E-state index >= 15 is 0 Å². The van der Waals surface area contributed by atoms with Gasteiger partial charge in [-0.25, -0.2) is 0 Å². The van der Waals surface area contributed by atoms with Crippen LogP contribution < -0.4 is 0 Å². The predicted octanol–water partition coefficient (Wildman–Crippen LogP) is 2.31. The van der Waals surface area contributed by atoms with Crippen molar-refractivity contribution in [3.8, 4) is 0 Å². The van der Waals surface area contributed by atoms with E-state index in [2.05, 4.69) is 4.64 Å². The lowest BCUT2D eigenvalue weighted by atomic mass is 11.8. The molecule has 3 heteroatoms. The first kappa shape index (κ1) is 9.81. The van der Waals surface area contributed by atoms with Crippen LogP contribution in [0.15, 0.2) is 0 Å². The van der Waals surface area contributed by atoms with Crippen LogP contribution in [-0.2, 0) is 0 Å². The third-order valence-corrected chi connectivity index (χ3v) is 0.900. The second-order valence-corrected chi connectivity index (χ2v) is 6.81. The molecule has 0 atom stereocenters. The Kier molecular flexibility index (Phi) is 3.86. The zero-order valence-corrected chi connectivity index (χ0v) is 5.39. The van der Waals surface area contributed by atoms with Crippen molar-refractivity contribution >= 4 is 8.24 Å². The Hall–Kier alpha value is -0.363. The molecule has 0 fully saturated rings. The minimum atomic E-state index is -1.45. The maximum atomic E-state index is 8.09. The number of nitrogens with zero attached hydrogens (tertiary/aromatic N) is 2. The number of hydrogen-bond acceptors (Lipinski definition) is 1. The van der Waals surface area contributed by atoms with Gasteiger partial charge in [-0.1, -0.05) is 7.43 Å². The van der Waals surface area contributed by atoms with Crippen molar-refractivity contribution in [3.63, 3.8) is 0 Å². The molecule has 0 saturated carbocycles. The summed E-state index contributed by atoms with van der Waals surface area (Å²) in [4.78, 5) is 0. The van der Waals surface area contributed by atoms with Gasteiger partial charge in [-0.2, -0.15) is 0 Å². The van der Waals surface area contributed by atoms with Gasteiger partial charge in [-0.05, 0) is 4.64 Å². The highest BCUT2D eigenvalue weighted by Crippen LogP contribution is 1.98. The van der Waals surface area contributed by atoms with Crippen molar-refractivity contribution in [3.05, 3.63) is 4.64 Å². The molecule has 0 heterocycles. The molecule has 0 amide bonds. The summed E-state index contributed by atoms with van der Waals surface area (Å²) in [5, 5.41) is 8.09. The van der Waals surface area contributed by atoms with Crippen molar-refractivity contribution in [2.45, 2.75) is 27.1 Å². The minimum absolute atomic E-state index is 0. The van der Waals surface area contributed by atoms with Crippen molar-refractivity contribution in [2.24, 2.45) is 0 Å². The number of hydrogen-bond donors (Lipinski definition) is 0. The topological polar surface area (TPSA) is 28.1 Å². The van der Waals surface area contributed by atoms with E-state index < -0.39 is 8.24 Å². The third-order valence-electron chi connectivity index (χ3n) is 0.300. The van der Waals surface area contributed by atoms with E-state index in [0.29, 0.717) is 0 Å². The summed E-state index contributed by atoms with van der Waals surface area (Å²) in [6.45, 7) is 5.90. The van der Waals surface area contributed by atoms with Gasteiger partial charge >= 0.3 is 8.24 Å². The van der Waals surface area contributed by atoms with Crippen LogP contribution in [0.1, 0.15) is 7.43 Å². The largest absolute Gasteiger partial charge is 0.556 e. The lowest BCUT2D eigenvalue weighted by molar-refractivity contribution is 1.48. The molecule has 42 valence electrons. The quantitative estimate of drug-likeness (QED) is 0.353. The summed E-state index contributed by atoms with van der Waals surface area (Å²) in [7, 11) is -1.45. The van der Waals surface area contributed by atoms with Gasteiger partial charge in [-0.15, -0.1) is 0 Å². The fourth-order valence-corrected chi connectivity index (χ4v) is 0. The van der Waals surface area contributed by atoms with Crippen LogP contribution in [0.4, 0.5) is 0 Å². The smallest absolute Gasteiger partial charge is 0.0776 e. The molecule has 0 radical (unpaired) electrons. The molecular formula is C4H13N2Si+. The normalized spacial score (nSPS) is 8.86. The Labute approximate surface area is 46.3 Å². The number of rotatable bonds is 0. The highest BCUT2D eigenvalue weighted by Gasteiger charge is 2.32. The molecular weight excluding hydrogens is 104 g/mol. The van der Waals surface area contributed by atoms with E-state index in [-0.39, 0.29) is 7.43 Å². The Morgan fingerprint density at radius 3 is 1.43 bits per heavy atom. The monoisotopic (exact) mass is 117 g/mol. The van der Waals surface area contributed by atoms with Gasteiger partial charge in [0, 0.05) is 19.6 Å². The summed E-state index contributed by atoms with van der Waals surface area (Å²) in [6.07, 6.45) is 0. The lowest BCUT2D eigenvalue weighted by Gasteiger charge is -1.76. The summed E-state index contributed by atoms with van der Waals surface area (Å²) < 4.78 is 3.16. The summed E-state index contributed by atoms with van der Waals surface area (Å²) in [5.41, 5.74) is 0. The minimum Gasteiger partial charge on any atom is -0.0776 e. The average Bonchev–Trinajstić information content (AvgIpc) is 1.35. The molecule has 0 N–H and O–H groups in total. The van der Waals surface area contributed by atoms with Gasteiger partial charge in [0.05, 0.1) is 0 Å². The van der Waals surface area contributed by atoms with Crippen LogP contribution in [0.3, 0.4) is 0 Å². The summed E-state index contributed by atoms with van der Waals surface area (Å²) >= 11 is 0. The zero-order chi connectivity index (χ0) is 5.21. The molecule has 0 bridgehead atoms. The molecule has 0 saturated heterocycles. The second-order valence-electron chi connectivity index (χ2n) is 2.27. The maximum Gasteiger partial charge on any atom is 0.556 e. The molecule has 2 nitrogen and oxygen atoms in total. The van der Waals surface area contributed by atoms with Gasteiger partial charge in [-0.3, -0.25) is 0 Å². The fourth-order valence-electron chi connectivity index (χ4n) is 0. The molecule has 0 unspecified atom stereocenters. The van der Waals surface area contributed by atoms with E-state index in [1.807, 2.05) is 19.6 Å². The van der Waals surface area contributed by atoms with Gasteiger partial charge in [0.25, 0.3) is 0 Å². The van der Waals surface area contributed by atoms with Crippen molar-refractivity contribution in [1.82, 2.24) is 0 Å². The zero-order valence-electron chi connectivity index (χ0n) is 4.39. The fraction of sp³-hybridized carbons (Fsp3) is 1.00. The molecule has 7 heavy (non-hydrogen) atoms. The van der Waals surface area contributed by atoms with Gasteiger partial charge in [0.15, 0.2) is 5.39 Å². The van der Waals surface area contributed by atoms with Crippen LogP contribution in [-0.4, -0.2) is 8.24 Å². The highest BCUT2D eigenvalue weighted by atomic mass is 28.3. The van der Waals surface area contributed by atoms with E-state index in [9.17, 15) is 0 Å². The van der Waals surface area contributed by atoms with Crippen LogP contribution >= 0.6 is 0 Å². The van der Waals surface area contributed by atoms with Gasteiger partial charge in [0.2, 0.25) is 0 Å². The Balaban J connectivity index is 0. The molecule has 0 rings (SSSR count). The highest BCUT2D eigenvalue weighted by molar-refractivity contribution is 6.79. The van der Waals surface area contributed by atoms with Crippen molar-refractivity contribution < 1.29 is 0 Å². The van der Waals surface area contributed by atoms with Crippen molar-refractivity contribution in [2.75, 3.05) is 0 Å².